The van der Waals surface area contributed by atoms with E-state index in [9.17, 15) is 14.9 Å². The molecule has 10 heteroatoms. The van der Waals surface area contributed by atoms with Gasteiger partial charge in [0, 0.05) is 36.1 Å². The predicted molar refractivity (Wildman–Crippen MR) is 110 cm³/mol. The van der Waals surface area contributed by atoms with Gasteiger partial charge in [0.15, 0.2) is 0 Å². The summed E-state index contributed by atoms with van der Waals surface area (Å²) in [6.07, 6.45) is 10.4. The number of aromatic nitrogens is 4. The third-order valence-corrected chi connectivity index (χ3v) is 7.20. The number of amides is 1. The number of rotatable bonds is 9. The van der Waals surface area contributed by atoms with E-state index in [-0.39, 0.29) is 16.9 Å². The van der Waals surface area contributed by atoms with Crippen molar-refractivity contribution in [2.45, 2.75) is 101 Å². The monoisotopic (exact) mass is 424 g/mol. The van der Waals surface area contributed by atoms with E-state index in [0.29, 0.717) is 24.0 Å². The summed E-state index contributed by atoms with van der Waals surface area (Å²) in [6, 6.07) is -0.492. The van der Waals surface area contributed by atoms with E-state index in [4.69, 9.17) is 0 Å². The van der Waals surface area contributed by atoms with Crippen LogP contribution in [-0.4, -0.2) is 60.3 Å². The lowest BCUT2D eigenvalue weighted by atomic mass is 9.91. The van der Waals surface area contributed by atoms with Crippen LogP contribution in [-0.2, 0) is 4.79 Å². The molecule has 2 aliphatic carbocycles. The van der Waals surface area contributed by atoms with Crippen LogP contribution in [0.5, 0.6) is 0 Å². The number of tetrazole rings is 1. The molecule has 3 rings (SSSR count). The highest BCUT2D eigenvalue weighted by Crippen LogP contribution is 2.32. The van der Waals surface area contributed by atoms with Crippen molar-refractivity contribution in [3.8, 4) is 0 Å². The maximum absolute atomic E-state index is 12.7. The first-order chi connectivity index (χ1) is 14.1. The third-order valence-electron chi connectivity index (χ3n) is 6.18. The largest absolute Gasteiger partial charge is 0.340 e. The van der Waals surface area contributed by atoms with Gasteiger partial charge in [0.1, 0.15) is 6.04 Å². The van der Waals surface area contributed by atoms with Crippen molar-refractivity contribution in [1.29, 1.82) is 0 Å². The molecule has 0 N–H and O–H groups in total. The summed E-state index contributed by atoms with van der Waals surface area (Å²) in [5, 5.41) is 23.9. The zero-order valence-corrected chi connectivity index (χ0v) is 18.1. The molecule has 0 bridgehead atoms. The first kappa shape index (κ1) is 22.0. The molecule has 0 spiro atoms. The molecular formula is C19H32N6O3S. The molecule has 0 radical (unpaired) electrons. The van der Waals surface area contributed by atoms with E-state index in [0.717, 1.165) is 50.8 Å². The molecule has 0 saturated heterocycles. The van der Waals surface area contributed by atoms with Gasteiger partial charge in [-0.2, -0.15) is 0 Å². The Kier molecular flexibility index (Phi) is 8.26. The minimum Gasteiger partial charge on any atom is -0.340 e. The van der Waals surface area contributed by atoms with E-state index in [1.807, 2.05) is 0 Å². The fourth-order valence-electron chi connectivity index (χ4n) is 4.67. The van der Waals surface area contributed by atoms with Crippen LogP contribution in [0, 0.1) is 10.1 Å². The summed E-state index contributed by atoms with van der Waals surface area (Å²) in [5.74, 6) is 0.963. The molecule has 1 aromatic heterocycles. The molecule has 1 heterocycles. The van der Waals surface area contributed by atoms with E-state index >= 15 is 0 Å². The molecule has 0 aliphatic heterocycles. The first-order valence-electron chi connectivity index (χ1n) is 11.0. The summed E-state index contributed by atoms with van der Waals surface area (Å²) in [4.78, 5) is 25.9. The van der Waals surface area contributed by atoms with E-state index in [2.05, 4.69) is 27.3 Å². The summed E-state index contributed by atoms with van der Waals surface area (Å²) in [5.41, 5.74) is 0. The normalized spacial score (nSPS) is 23.1. The number of thioether (sulfide) groups is 1. The van der Waals surface area contributed by atoms with Crippen LogP contribution in [0.25, 0.3) is 0 Å². The fourth-order valence-corrected chi connectivity index (χ4v) is 5.54. The fraction of sp³-hybridized carbons (Fsp3) is 0.895. The lowest BCUT2D eigenvalue weighted by Gasteiger charge is -2.33. The quantitative estimate of drug-likeness (QED) is 0.258. The second-order valence-corrected chi connectivity index (χ2v) is 9.10. The van der Waals surface area contributed by atoms with Crippen molar-refractivity contribution < 1.29 is 9.72 Å². The van der Waals surface area contributed by atoms with E-state index in [1.165, 1.54) is 31.0 Å². The van der Waals surface area contributed by atoms with Crippen molar-refractivity contribution in [2.24, 2.45) is 0 Å². The zero-order valence-electron chi connectivity index (χ0n) is 17.2. The molecule has 2 fully saturated rings. The molecular weight excluding hydrogens is 392 g/mol. The highest BCUT2D eigenvalue weighted by Gasteiger charge is 2.37. The summed E-state index contributed by atoms with van der Waals surface area (Å²) in [6.45, 7) is 2.84. The van der Waals surface area contributed by atoms with Gasteiger partial charge in [-0.15, -0.1) is 5.10 Å². The van der Waals surface area contributed by atoms with Gasteiger partial charge >= 0.3 is 0 Å². The molecule has 2 atom stereocenters. The Balaban J connectivity index is 1.49. The predicted octanol–water partition coefficient (Wildman–Crippen LogP) is 3.49. The van der Waals surface area contributed by atoms with Crippen molar-refractivity contribution in [2.75, 3.05) is 12.3 Å². The van der Waals surface area contributed by atoms with Gasteiger partial charge in [-0.25, -0.2) is 4.68 Å². The second kappa shape index (κ2) is 10.9. The maximum Gasteiger partial charge on any atom is 0.235 e. The summed E-state index contributed by atoms with van der Waals surface area (Å²) >= 11 is 1.49. The third kappa shape index (κ3) is 5.67. The van der Waals surface area contributed by atoms with Gasteiger partial charge in [-0.05, 0) is 49.5 Å². The van der Waals surface area contributed by atoms with Crippen LogP contribution in [0.15, 0.2) is 5.16 Å². The highest BCUT2D eigenvalue weighted by atomic mass is 32.2. The van der Waals surface area contributed by atoms with Crippen molar-refractivity contribution in [3.63, 3.8) is 0 Å². The van der Waals surface area contributed by atoms with Crippen LogP contribution < -0.4 is 0 Å². The van der Waals surface area contributed by atoms with Crippen LogP contribution >= 0.6 is 11.8 Å². The smallest absolute Gasteiger partial charge is 0.235 e. The molecule has 2 saturated carbocycles. The average molecular weight is 425 g/mol. The van der Waals surface area contributed by atoms with Gasteiger partial charge < -0.3 is 4.90 Å². The number of nitrogens with zero attached hydrogens (tertiary/aromatic N) is 6. The number of nitro groups is 1. The Labute approximate surface area is 176 Å². The second-order valence-electron chi connectivity index (χ2n) is 8.03. The van der Waals surface area contributed by atoms with E-state index < -0.39 is 6.04 Å². The minimum atomic E-state index is -0.623. The number of carbonyl (C=O) groups is 1. The van der Waals surface area contributed by atoms with Crippen molar-refractivity contribution >= 4 is 17.7 Å². The van der Waals surface area contributed by atoms with Gasteiger partial charge in [0.25, 0.3) is 0 Å². The summed E-state index contributed by atoms with van der Waals surface area (Å²) < 4.78 is 1.64. The maximum atomic E-state index is 12.7. The van der Waals surface area contributed by atoms with Crippen molar-refractivity contribution in [3.05, 3.63) is 10.1 Å². The van der Waals surface area contributed by atoms with Crippen LogP contribution in [0.1, 0.15) is 83.6 Å². The lowest BCUT2D eigenvalue weighted by Crippen LogP contribution is -2.41. The molecule has 2 aliphatic rings. The number of carbonyl (C=O) groups excluding carboxylic acids is 1. The van der Waals surface area contributed by atoms with Crippen molar-refractivity contribution in [1.82, 2.24) is 25.1 Å². The lowest BCUT2D eigenvalue weighted by molar-refractivity contribution is -0.534. The molecule has 2 unspecified atom stereocenters. The number of hydrogen-bond donors (Lipinski definition) is 0. The molecule has 29 heavy (non-hydrogen) atoms. The molecule has 9 nitrogen and oxygen atoms in total. The average Bonchev–Trinajstić information content (AvgIpc) is 3.21. The number of hydrogen-bond acceptors (Lipinski definition) is 7. The standard InChI is InChI=1S/C19H32N6O3S/c1-2-23(15-9-4-3-5-10-15)18(26)13-8-14-29-19-20-21-22-24(19)16-11-6-7-12-17(16)25(27)28/h15-17H,2-14H2,1H3. The Morgan fingerprint density at radius 1 is 1.21 bits per heavy atom. The minimum absolute atomic E-state index is 0.191. The molecule has 162 valence electrons. The van der Waals surface area contributed by atoms with Gasteiger partial charge in [-0.1, -0.05) is 37.4 Å². The Morgan fingerprint density at radius 3 is 2.66 bits per heavy atom. The van der Waals surface area contributed by atoms with Crippen LogP contribution in [0.4, 0.5) is 0 Å². The molecule has 1 amide bonds. The van der Waals surface area contributed by atoms with Gasteiger partial charge in [0.2, 0.25) is 17.1 Å². The Hall–Kier alpha value is -1.71. The highest BCUT2D eigenvalue weighted by molar-refractivity contribution is 7.99. The topological polar surface area (TPSA) is 107 Å². The van der Waals surface area contributed by atoms with Crippen LogP contribution in [0.2, 0.25) is 0 Å². The van der Waals surface area contributed by atoms with Gasteiger partial charge in [-0.3, -0.25) is 14.9 Å². The SMILES string of the molecule is CCN(C(=O)CCCSc1nnnn1C1CCCCC1[N+](=O)[O-])C1CCCCC1. The van der Waals surface area contributed by atoms with E-state index in [1.54, 1.807) is 4.68 Å². The van der Waals surface area contributed by atoms with Crippen LogP contribution in [0.3, 0.4) is 0 Å². The summed E-state index contributed by atoms with van der Waals surface area (Å²) in [7, 11) is 0. The molecule has 1 aromatic rings. The zero-order chi connectivity index (χ0) is 20.6. The first-order valence-corrected chi connectivity index (χ1v) is 11.9. The molecule has 0 aromatic carbocycles. The Morgan fingerprint density at radius 2 is 1.93 bits per heavy atom. The Bertz CT molecular complexity index is 679. The van der Waals surface area contributed by atoms with Gasteiger partial charge in [0.05, 0.1) is 0 Å².